The first-order valence-electron chi connectivity index (χ1n) is 6.39. The van der Waals surface area contributed by atoms with Gasteiger partial charge in [0.2, 0.25) is 5.95 Å². The molecule has 1 fully saturated rings. The van der Waals surface area contributed by atoms with Crippen molar-refractivity contribution in [2.75, 3.05) is 25.0 Å². The van der Waals surface area contributed by atoms with Crippen molar-refractivity contribution >= 4 is 11.6 Å². The predicted octanol–water partition coefficient (Wildman–Crippen LogP) is 0.984. The smallest absolute Gasteiger partial charge is 0.225 e. The molecule has 0 aromatic carbocycles. The van der Waals surface area contributed by atoms with Crippen LogP contribution in [0.1, 0.15) is 24.8 Å². The fourth-order valence-electron chi connectivity index (χ4n) is 2.24. The van der Waals surface area contributed by atoms with Gasteiger partial charge >= 0.3 is 0 Å². The van der Waals surface area contributed by atoms with Crippen LogP contribution in [-0.4, -0.2) is 36.1 Å². The normalized spacial score (nSPS) is 20.5. The number of rotatable bonds is 3. The summed E-state index contributed by atoms with van der Waals surface area (Å²) in [6.07, 6.45) is 6.99. The molecule has 1 aromatic rings. The van der Waals surface area contributed by atoms with Crippen molar-refractivity contribution in [3.63, 3.8) is 0 Å². The Morgan fingerprint density at radius 1 is 1.39 bits per heavy atom. The number of hydrogen-bond acceptors (Lipinski definition) is 5. The lowest BCUT2D eigenvalue weighted by atomic mass is 10.1. The molecule has 2 heterocycles. The molecule has 18 heavy (non-hydrogen) atoms. The second-order valence-electron chi connectivity index (χ2n) is 4.70. The Kier molecular flexibility index (Phi) is 4.15. The van der Waals surface area contributed by atoms with Crippen LogP contribution < -0.4 is 16.0 Å². The van der Waals surface area contributed by atoms with Gasteiger partial charge in [0.1, 0.15) is 0 Å². The highest BCUT2D eigenvalue weighted by molar-refractivity contribution is 5.58. The highest BCUT2D eigenvalue weighted by atomic mass is 15.2. The van der Waals surface area contributed by atoms with E-state index < -0.39 is 0 Å². The van der Waals surface area contributed by atoms with Gasteiger partial charge in [-0.05, 0) is 26.3 Å². The summed E-state index contributed by atoms with van der Waals surface area (Å²) in [7, 11) is 2.03. The van der Waals surface area contributed by atoms with Gasteiger partial charge in [0.25, 0.3) is 0 Å². The van der Waals surface area contributed by atoms with Crippen molar-refractivity contribution in [1.29, 1.82) is 0 Å². The van der Waals surface area contributed by atoms with Gasteiger partial charge in [-0.25, -0.2) is 9.97 Å². The third-order valence-electron chi connectivity index (χ3n) is 3.43. The van der Waals surface area contributed by atoms with Crippen molar-refractivity contribution < 1.29 is 0 Å². The zero-order valence-electron chi connectivity index (χ0n) is 10.9. The summed E-state index contributed by atoms with van der Waals surface area (Å²) in [5.74, 6) is 0.789. The molecule has 0 aliphatic carbocycles. The molecule has 1 aliphatic rings. The van der Waals surface area contributed by atoms with Crippen LogP contribution in [0.3, 0.4) is 0 Å². The number of anilines is 1. The Labute approximate surface area is 108 Å². The quantitative estimate of drug-likeness (QED) is 0.833. The van der Waals surface area contributed by atoms with Crippen molar-refractivity contribution in [3.05, 3.63) is 24.5 Å². The Bertz CT molecular complexity index is 400. The van der Waals surface area contributed by atoms with Gasteiger partial charge in [-0.3, -0.25) is 0 Å². The summed E-state index contributed by atoms with van der Waals surface area (Å²) in [6, 6.07) is 0.609. The van der Waals surface area contributed by atoms with E-state index in [0.717, 1.165) is 31.0 Å². The molecule has 1 aliphatic heterocycles. The SMILES string of the molecule is C=C(N)c1cnc(N2CCCC(NC)CC2)nc1. The fourth-order valence-corrected chi connectivity index (χ4v) is 2.24. The fraction of sp³-hybridized carbons (Fsp3) is 0.538. The van der Waals surface area contributed by atoms with Gasteiger partial charge in [-0.2, -0.15) is 0 Å². The monoisotopic (exact) mass is 247 g/mol. The molecular weight excluding hydrogens is 226 g/mol. The Hall–Kier alpha value is -1.62. The molecule has 2 rings (SSSR count). The molecule has 0 amide bonds. The molecule has 1 unspecified atom stereocenters. The van der Waals surface area contributed by atoms with Crippen LogP contribution in [0.15, 0.2) is 19.0 Å². The third-order valence-corrected chi connectivity index (χ3v) is 3.43. The zero-order chi connectivity index (χ0) is 13.0. The average Bonchev–Trinajstić information content (AvgIpc) is 2.64. The van der Waals surface area contributed by atoms with E-state index in [-0.39, 0.29) is 0 Å². The summed E-state index contributed by atoms with van der Waals surface area (Å²) in [4.78, 5) is 11.0. The van der Waals surface area contributed by atoms with Crippen LogP contribution >= 0.6 is 0 Å². The van der Waals surface area contributed by atoms with Gasteiger partial charge < -0.3 is 16.0 Å². The van der Waals surface area contributed by atoms with Crippen LogP contribution in [-0.2, 0) is 0 Å². The van der Waals surface area contributed by atoms with Crippen molar-refractivity contribution in [3.8, 4) is 0 Å². The van der Waals surface area contributed by atoms with Crippen LogP contribution in [0.2, 0.25) is 0 Å². The van der Waals surface area contributed by atoms with E-state index in [1.54, 1.807) is 12.4 Å². The predicted molar refractivity (Wildman–Crippen MR) is 74.2 cm³/mol. The maximum Gasteiger partial charge on any atom is 0.225 e. The molecule has 5 heteroatoms. The standard InChI is InChI=1S/C13H21N5/c1-10(14)11-8-16-13(17-9-11)18-6-3-4-12(15-2)5-7-18/h8-9,12,15H,1,3-7,14H2,2H3. The van der Waals surface area contributed by atoms with Gasteiger partial charge in [0, 0.05) is 42.8 Å². The summed E-state index contributed by atoms with van der Waals surface area (Å²) in [5.41, 5.74) is 6.91. The minimum absolute atomic E-state index is 0.507. The van der Waals surface area contributed by atoms with E-state index in [1.165, 1.54) is 12.8 Å². The molecule has 1 atom stereocenters. The maximum absolute atomic E-state index is 5.61. The first-order chi connectivity index (χ1) is 8.70. The number of nitrogens with one attached hydrogen (secondary N) is 1. The molecule has 98 valence electrons. The first-order valence-corrected chi connectivity index (χ1v) is 6.39. The molecule has 0 radical (unpaired) electrons. The van der Waals surface area contributed by atoms with Gasteiger partial charge in [0.05, 0.1) is 0 Å². The molecule has 3 N–H and O–H groups in total. The Morgan fingerprint density at radius 2 is 2.11 bits per heavy atom. The summed E-state index contributed by atoms with van der Waals surface area (Å²) >= 11 is 0. The average molecular weight is 247 g/mol. The van der Waals surface area contributed by atoms with E-state index in [4.69, 9.17) is 5.73 Å². The molecule has 5 nitrogen and oxygen atoms in total. The van der Waals surface area contributed by atoms with Crippen molar-refractivity contribution in [2.24, 2.45) is 5.73 Å². The van der Waals surface area contributed by atoms with Gasteiger partial charge in [-0.15, -0.1) is 0 Å². The van der Waals surface area contributed by atoms with Gasteiger partial charge in [-0.1, -0.05) is 6.58 Å². The minimum Gasteiger partial charge on any atom is -0.399 e. The zero-order valence-corrected chi connectivity index (χ0v) is 10.9. The molecule has 1 aromatic heterocycles. The lowest BCUT2D eigenvalue weighted by molar-refractivity contribution is 0.512. The van der Waals surface area contributed by atoms with Crippen LogP contribution in [0.4, 0.5) is 5.95 Å². The topological polar surface area (TPSA) is 67.1 Å². The Morgan fingerprint density at radius 3 is 2.72 bits per heavy atom. The second-order valence-corrected chi connectivity index (χ2v) is 4.70. The largest absolute Gasteiger partial charge is 0.399 e. The van der Waals surface area contributed by atoms with E-state index in [9.17, 15) is 0 Å². The second kappa shape index (κ2) is 5.82. The first kappa shape index (κ1) is 12.8. The minimum atomic E-state index is 0.507. The molecule has 1 saturated heterocycles. The van der Waals surface area contributed by atoms with Crippen LogP contribution in [0, 0.1) is 0 Å². The number of hydrogen-bond donors (Lipinski definition) is 2. The third kappa shape index (κ3) is 2.98. The van der Waals surface area contributed by atoms with E-state index in [0.29, 0.717) is 11.7 Å². The highest BCUT2D eigenvalue weighted by Gasteiger charge is 2.17. The summed E-state index contributed by atoms with van der Waals surface area (Å²) in [6.45, 7) is 5.69. The molecular formula is C13H21N5. The molecule has 0 spiro atoms. The number of nitrogens with two attached hydrogens (primary N) is 1. The number of aromatic nitrogens is 2. The lowest BCUT2D eigenvalue weighted by Crippen LogP contribution is -2.29. The highest BCUT2D eigenvalue weighted by Crippen LogP contribution is 2.16. The molecule has 0 saturated carbocycles. The van der Waals surface area contributed by atoms with Gasteiger partial charge in [0.15, 0.2) is 0 Å². The van der Waals surface area contributed by atoms with E-state index >= 15 is 0 Å². The van der Waals surface area contributed by atoms with Crippen molar-refractivity contribution in [1.82, 2.24) is 15.3 Å². The summed E-state index contributed by atoms with van der Waals surface area (Å²) in [5, 5.41) is 3.34. The van der Waals surface area contributed by atoms with Crippen LogP contribution in [0.25, 0.3) is 5.70 Å². The van der Waals surface area contributed by atoms with E-state index in [2.05, 4.69) is 26.8 Å². The van der Waals surface area contributed by atoms with Crippen molar-refractivity contribution in [2.45, 2.75) is 25.3 Å². The summed E-state index contributed by atoms with van der Waals surface area (Å²) < 4.78 is 0. The van der Waals surface area contributed by atoms with Crippen LogP contribution in [0.5, 0.6) is 0 Å². The maximum atomic E-state index is 5.61. The number of nitrogens with zero attached hydrogens (tertiary/aromatic N) is 3. The molecule has 0 bridgehead atoms. The Balaban J connectivity index is 2.04. The van der Waals surface area contributed by atoms with E-state index in [1.807, 2.05) is 7.05 Å². The lowest BCUT2D eigenvalue weighted by Gasteiger charge is -2.20.